The van der Waals surface area contributed by atoms with E-state index in [1.807, 2.05) is 0 Å². The topological polar surface area (TPSA) is 41.5 Å². The van der Waals surface area contributed by atoms with Crippen LogP contribution in [-0.4, -0.2) is 54.7 Å². The molecule has 0 amide bonds. The van der Waals surface area contributed by atoms with Crippen LogP contribution >= 0.6 is 11.6 Å². The summed E-state index contributed by atoms with van der Waals surface area (Å²) in [6.45, 7) is 4.63. The highest BCUT2D eigenvalue weighted by atomic mass is 35.5. The van der Waals surface area contributed by atoms with Gasteiger partial charge in [-0.25, -0.2) is 4.98 Å². The molecule has 5 nitrogen and oxygen atoms in total. The minimum atomic E-state index is 0.342. The Kier molecular flexibility index (Phi) is 4.83. The molecule has 1 aliphatic rings. The fraction of sp³-hybridized carbons (Fsp3) is 0.538. The molecule has 0 aromatic carbocycles. The fourth-order valence-electron chi connectivity index (χ4n) is 2.07. The second kappa shape index (κ2) is 6.60. The zero-order valence-corrected chi connectivity index (χ0v) is 11.7. The molecule has 1 aromatic rings. The van der Waals surface area contributed by atoms with Crippen molar-refractivity contribution in [3.05, 3.63) is 11.2 Å². The molecule has 6 heteroatoms. The number of methoxy groups -OCH3 is 1. The van der Waals surface area contributed by atoms with Crippen molar-refractivity contribution in [3.8, 4) is 18.4 Å². The van der Waals surface area contributed by atoms with Gasteiger partial charge in [0.1, 0.15) is 5.02 Å². The van der Waals surface area contributed by atoms with Crippen molar-refractivity contribution in [2.45, 2.75) is 6.42 Å². The fourth-order valence-corrected chi connectivity index (χ4v) is 2.28. The molecule has 1 fully saturated rings. The number of aromatic nitrogens is 2. The van der Waals surface area contributed by atoms with E-state index in [1.54, 1.807) is 13.3 Å². The molecule has 0 radical (unpaired) electrons. The van der Waals surface area contributed by atoms with Crippen molar-refractivity contribution in [3.63, 3.8) is 0 Å². The molecular formula is C13H17ClN4O. The molecule has 1 aromatic heterocycles. The maximum absolute atomic E-state index is 6.14. The van der Waals surface area contributed by atoms with Crippen LogP contribution in [0.3, 0.4) is 0 Å². The van der Waals surface area contributed by atoms with E-state index in [4.69, 9.17) is 22.8 Å². The van der Waals surface area contributed by atoms with Crippen LogP contribution in [0.1, 0.15) is 6.42 Å². The van der Waals surface area contributed by atoms with Gasteiger partial charge in [-0.15, -0.1) is 12.3 Å². The lowest BCUT2D eigenvalue weighted by atomic mass is 10.3. The Balaban J connectivity index is 1.99. The Bertz CT molecular complexity index is 466. The molecule has 1 saturated heterocycles. The summed E-state index contributed by atoms with van der Waals surface area (Å²) < 4.78 is 5.03. The van der Waals surface area contributed by atoms with Crippen molar-refractivity contribution in [1.29, 1.82) is 0 Å². The lowest BCUT2D eigenvalue weighted by Crippen LogP contribution is -2.47. The predicted molar refractivity (Wildman–Crippen MR) is 75.7 cm³/mol. The highest BCUT2D eigenvalue weighted by molar-refractivity contribution is 6.32. The predicted octanol–water partition coefficient (Wildman–Crippen LogP) is 1.28. The molecule has 2 heterocycles. The number of anilines is 1. The molecule has 19 heavy (non-hydrogen) atoms. The number of hydrogen-bond donors (Lipinski definition) is 0. The van der Waals surface area contributed by atoms with E-state index in [2.05, 4.69) is 25.7 Å². The third kappa shape index (κ3) is 3.49. The summed E-state index contributed by atoms with van der Waals surface area (Å²) >= 11 is 6.14. The summed E-state index contributed by atoms with van der Waals surface area (Å²) in [4.78, 5) is 12.8. The average Bonchev–Trinajstić information content (AvgIpc) is 2.46. The van der Waals surface area contributed by atoms with E-state index in [1.165, 1.54) is 0 Å². The van der Waals surface area contributed by atoms with E-state index in [9.17, 15) is 0 Å². The van der Waals surface area contributed by atoms with Crippen LogP contribution < -0.4 is 9.64 Å². The summed E-state index contributed by atoms with van der Waals surface area (Å²) in [5.41, 5.74) is 0. The summed E-state index contributed by atoms with van der Waals surface area (Å²) in [6.07, 6.45) is 7.65. The van der Waals surface area contributed by atoms with Gasteiger partial charge in [-0.05, 0) is 0 Å². The van der Waals surface area contributed by atoms with Crippen LogP contribution in [0.25, 0.3) is 0 Å². The smallest absolute Gasteiger partial charge is 0.318 e. The summed E-state index contributed by atoms with van der Waals surface area (Å²) in [6, 6.07) is 0.342. The SMILES string of the molecule is C#CCCN1CCN(c2nc(OC)ncc2Cl)CC1. The largest absolute Gasteiger partial charge is 0.467 e. The van der Waals surface area contributed by atoms with Crippen LogP contribution in [-0.2, 0) is 0 Å². The number of terminal acetylenes is 1. The summed E-state index contributed by atoms with van der Waals surface area (Å²) in [5, 5.41) is 0.554. The summed E-state index contributed by atoms with van der Waals surface area (Å²) in [7, 11) is 1.55. The van der Waals surface area contributed by atoms with Crippen LogP contribution in [0, 0.1) is 12.3 Å². The standard InChI is InChI=1S/C13H17ClN4O/c1-3-4-5-17-6-8-18(9-7-17)12-11(14)10-15-13(16-12)19-2/h1,10H,4-9H2,2H3. The van der Waals surface area contributed by atoms with Crippen molar-refractivity contribution < 1.29 is 4.74 Å². The molecule has 0 atom stereocenters. The molecule has 2 rings (SSSR count). The van der Waals surface area contributed by atoms with Crippen molar-refractivity contribution >= 4 is 17.4 Å². The molecule has 0 spiro atoms. The highest BCUT2D eigenvalue weighted by Crippen LogP contribution is 2.25. The molecule has 0 N–H and O–H groups in total. The first kappa shape index (κ1) is 13.9. The van der Waals surface area contributed by atoms with Crippen molar-refractivity contribution in [2.75, 3.05) is 44.7 Å². The number of hydrogen-bond acceptors (Lipinski definition) is 5. The van der Waals surface area contributed by atoms with Crippen LogP contribution in [0.15, 0.2) is 6.20 Å². The Labute approximate surface area is 118 Å². The quantitative estimate of drug-likeness (QED) is 0.778. The first-order chi connectivity index (χ1) is 9.24. The van der Waals surface area contributed by atoms with E-state index >= 15 is 0 Å². The van der Waals surface area contributed by atoms with Gasteiger partial charge in [-0.1, -0.05) is 11.6 Å². The third-order valence-electron chi connectivity index (χ3n) is 3.13. The number of piperazine rings is 1. The zero-order chi connectivity index (χ0) is 13.7. The van der Waals surface area contributed by atoms with Crippen LogP contribution in [0.2, 0.25) is 5.02 Å². The maximum Gasteiger partial charge on any atom is 0.318 e. The van der Waals surface area contributed by atoms with Crippen LogP contribution in [0.5, 0.6) is 6.01 Å². The highest BCUT2D eigenvalue weighted by Gasteiger charge is 2.20. The third-order valence-corrected chi connectivity index (χ3v) is 3.40. The maximum atomic E-state index is 6.14. The first-order valence-electron chi connectivity index (χ1n) is 6.22. The van der Waals surface area contributed by atoms with Gasteiger partial charge in [-0.2, -0.15) is 4.98 Å². The Morgan fingerprint density at radius 2 is 2.16 bits per heavy atom. The van der Waals surface area contributed by atoms with Gasteiger partial charge in [0.15, 0.2) is 5.82 Å². The van der Waals surface area contributed by atoms with Crippen molar-refractivity contribution in [1.82, 2.24) is 14.9 Å². The lowest BCUT2D eigenvalue weighted by Gasteiger charge is -2.35. The van der Waals surface area contributed by atoms with E-state index in [-0.39, 0.29) is 0 Å². The van der Waals surface area contributed by atoms with Gasteiger partial charge in [0.2, 0.25) is 0 Å². The zero-order valence-electron chi connectivity index (χ0n) is 11.0. The van der Waals surface area contributed by atoms with E-state index < -0.39 is 0 Å². The Morgan fingerprint density at radius 3 is 2.79 bits per heavy atom. The molecular weight excluding hydrogens is 264 g/mol. The average molecular weight is 281 g/mol. The van der Waals surface area contributed by atoms with Gasteiger partial charge in [-0.3, -0.25) is 4.90 Å². The lowest BCUT2D eigenvalue weighted by molar-refractivity contribution is 0.263. The minimum absolute atomic E-state index is 0.342. The van der Waals surface area contributed by atoms with E-state index in [0.29, 0.717) is 11.0 Å². The number of halogens is 1. The first-order valence-corrected chi connectivity index (χ1v) is 6.59. The molecule has 1 aliphatic heterocycles. The number of rotatable bonds is 4. The normalized spacial score (nSPS) is 16.2. The second-order valence-electron chi connectivity index (χ2n) is 4.31. The van der Waals surface area contributed by atoms with Crippen molar-refractivity contribution in [2.24, 2.45) is 0 Å². The van der Waals surface area contributed by atoms with Gasteiger partial charge in [0.25, 0.3) is 0 Å². The van der Waals surface area contributed by atoms with Gasteiger partial charge >= 0.3 is 6.01 Å². The van der Waals surface area contributed by atoms with Crippen LogP contribution in [0.4, 0.5) is 5.82 Å². The number of nitrogens with zero attached hydrogens (tertiary/aromatic N) is 4. The summed E-state index contributed by atoms with van der Waals surface area (Å²) in [5.74, 6) is 3.41. The van der Waals surface area contributed by atoms with E-state index in [0.717, 1.165) is 45.0 Å². The van der Waals surface area contributed by atoms with Gasteiger partial charge < -0.3 is 9.64 Å². The molecule has 102 valence electrons. The second-order valence-corrected chi connectivity index (χ2v) is 4.72. The Hall–Kier alpha value is -1.51. The number of ether oxygens (including phenoxy) is 1. The molecule has 0 unspecified atom stereocenters. The Morgan fingerprint density at radius 1 is 1.42 bits per heavy atom. The molecule has 0 bridgehead atoms. The van der Waals surface area contributed by atoms with Gasteiger partial charge in [0.05, 0.1) is 13.3 Å². The monoisotopic (exact) mass is 280 g/mol. The minimum Gasteiger partial charge on any atom is -0.467 e. The molecule has 0 saturated carbocycles. The van der Waals surface area contributed by atoms with Gasteiger partial charge in [0, 0.05) is 39.1 Å². The molecule has 0 aliphatic carbocycles.